The Morgan fingerprint density at radius 2 is 2.04 bits per heavy atom. The fourth-order valence-electron chi connectivity index (χ4n) is 3.14. The second kappa shape index (κ2) is 5.73. The zero-order valence-corrected chi connectivity index (χ0v) is 16.1. The Hall–Kier alpha value is -1.07. The minimum absolute atomic E-state index is 0.259. The van der Waals surface area contributed by atoms with E-state index in [1.54, 1.807) is 11.3 Å². The molecule has 128 valence electrons. The van der Waals surface area contributed by atoms with E-state index in [1.165, 1.54) is 6.33 Å². The Balaban J connectivity index is 1.78. The minimum atomic E-state index is -0.695. The van der Waals surface area contributed by atoms with Gasteiger partial charge in [-0.25, -0.2) is 15.0 Å². The molecule has 2 fully saturated rings. The molecule has 0 amide bonds. The van der Waals surface area contributed by atoms with E-state index in [2.05, 4.69) is 46.8 Å². The number of ether oxygens (including phenoxy) is 3. The highest BCUT2D eigenvalue weighted by atomic mass is 79.9. The van der Waals surface area contributed by atoms with Crippen LogP contribution >= 0.6 is 31.9 Å². The summed E-state index contributed by atoms with van der Waals surface area (Å²) in [6, 6.07) is 0. The normalized spacial score (nSPS) is 32.4. The Bertz CT molecular complexity index is 824. The average Bonchev–Trinajstić information content (AvgIpc) is 3.18. The minimum Gasteiger partial charge on any atom is -0.382 e. The summed E-state index contributed by atoms with van der Waals surface area (Å²) < 4.78 is 21.0. The van der Waals surface area contributed by atoms with Crippen molar-refractivity contribution in [3.8, 4) is 0 Å². The van der Waals surface area contributed by atoms with Crippen molar-refractivity contribution in [3.63, 3.8) is 0 Å². The van der Waals surface area contributed by atoms with E-state index in [0.717, 1.165) is 4.48 Å². The van der Waals surface area contributed by atoms with Crippen molar-refractivity contribution < 1.29 is 14.2 Å². The molecule has 4 rings (SSSR count). The van der Waals surface area contributed by atoms with E-state index >= 15 is 0 Å². The Labute approximate surface area is 154 Å². The third-order valence-corrected chi connectivity index (χ3v) is 5.85. The standard InChI is InChI=1S/C14H15Br2N5O3/c1-14(2)23-9-8(6(16)3-15)22-13(10(9)24-14)21-5-20-7-11(17)18-4-19-12(7)21/h3-5,8-10,13H,1-2H3,(H2,17,18,19)/b6-3+/t8-,9-,10-,13-/m1/s1. The Kier molecular flexibility index (Phi) is 3.92. The molecule has 8 nitrogen and oxygen atoms in total. The number of rotatable bonds is 2. The molecule has 4 heterocycles. The van der Waals surface area contributed by atoms with Gasteiger partial charge in [0.25, 0.3) is 0 Å². The van der Waals surface area contributed by atoms with Crippen LogP contribution < -0.4 is 5.73 Å². The van der Waals surface area contributed by atoms with Crippen molar-refractivity contribution in [2.45, 2.75) is 44.2 Å². The van der Waals surface area contributed by atoms with Gasteiger partial charge in [0.2, 0.25) is 0 Å². The van der Waals surface area contributed by atoms with Gasteiger partial charge in [0, 0.05) is 4.48 Å². The highest BCUT2D eigenvalue weighted by Gasteiger charge is 2.56. The number of hydrogen-bond donors (Lipinski definition) is 1. The van der Waals surface area contributed by atoms with Crippen molar-refractivity contribution in [3.05, 3.63) is 22.1 Å². The van der Waals surface area contributed by atoms with Crippen LogP contribution in [-0.2, 0) is 14.2 Å². The SMILES string of the molecule is CC1(C)O[C@@H]2[C@H](O1)[C@@H](/C(Br)=C\Br)O[C@H]2n1cnc2c(N)ncnc21. The van der Waals surface area contributed by atoms with E-state index in [-0.39, 0.29) is 18.3 Å². The molecule has 2 saturated heterocycles. The number of nitrogens with two attached hydrogens (primary N) is 1. The topological polar surface area (TPSA) is 97.3 Å². The second-order valence-corrected chi connectivity index (χ2v) is 7.46. The molecule has 2 aromatic heterocycles. The predicted octanol–water partition coefficient (Wildman–Crippen LogP) is 2.46. The molecule has 0 aliphatic carbocycles. The van der Waals surface area contributed by atoms with Gasteiger partial charge in [-0.2, -0.15) is 0 Å². The van der Waals surface area contributed by atoms with Gasteiger partial charge in [-0.15, -0.1) is 0 Å². The van der Waals surface area contributed by atoms with Crippen LogP contribution in [0.1, 0.15) is 20.1 Å². The van der Waals surface area contributed by atoms with Gasteiger partial charge in [-0.3, -0.25) is 4.57 Å². The van der Waals surface area contributed by atoms with Crippen LogP contribution in [0.3, 0.4) is 0 Å². The van der Waals surface area contributed by atoms with Gasteiger partial charge in [-0.1, -0.05) is 31.9 Å². The first-order valence-corrected chi connectivity index (χ1v) is 9.02. The van der Waals surface area contributed by atoms with E-state index in [9.17, 15) is 0 Å². The van der Waals surface area contributed by atoms with Crippen molar-refractivity contribution in [2.24, 2.45) is 0 Å². The van der Waals surface area contributed by atoms with Crippen LogP contribution in [0, 0.1) is 0 Å². The monoisotopic (exact) mass is 459 g/mol. The first kappa shape index (κ1) is 16.4. The first-order valence-electron chi connectivity index (χ1n) is 7.31. The summed E-state index contributed by atoms with van der Waals surface area (Å²) >= 11 is 6.84. The number of hydrogen-bond acceptors (Lipinski definition) is 7. The quantitative estimate of drug-likeness (QED) is 0.734. The zero-order valence-electron chi connectivity index (χ0n) is 12.9. The summed E-state index contributed by atoms with van der Waals surface area (Å²) in [5.41, 5.74) is 7.00. The fraction of sp³-hybridized carbons (Fsp3) is 0.500. The second-order valence-electron chi connectivity index (χ2n) is 6.09. The Morgan fingerprint density at radius 1 is 1.29 bits per heavy atom. The molecule has 2 N–H and O–H groups in total. The molecular weight excluding hydrogens is 446 g/mol. The van der Waals surface area contributed by atoms with Crippen molar-refractivity contribution in [1.29, 1.82) is 0 Å². The number of nitrogen functional groups attached to an aromatic ring is 1. The number of aromatic nitrogens is 4. The lowest BCUT2D eigenvalue weighted by Crippen LogP contribution is -2.29. The lowest BCUT2D eigenvalue weighted by Gasteiger charge is -2.24. The largest absolute Gasteiger partial charge is 0.382 e. The third-order valence-electron chi connectivity index (χ3n) is 4.07. The maximum Gasteiger partial charge on any atom is 0.167 e. The first-order chi connectivity index (χ1) is 11.4. The van der Waals surface area contributed by atoms with Gasteiger partial charge in [0.05, 0.1) is 6.33 Å². The summed E-state index contributed by atoms with van der Waals surface area (Å²) in [5, 5.41) is 0. The summed E-state index contributed by atoms with van der Waals surface area (Å²) in [6.45, 7) is 3.77. The average molecular weight is 461 g/mol. The molecule has 4 atom stereocenters. The molecule has 2 aromatic rings. The molecule has 0 bridgehead atoms. The van der Waals surface area contributed by atoms with E-state index < -0.39 is 12.0 Å². The summed E-state index contributed by atoms with van der Waals surface area (Å²) in [7, 11) is 0. The van der Waals surface area contributed by atoms with E-state index in [0.29, 0.717) is 17.0 Å². The molecule has 2 aliphatic heterocycles. The predicted molar refractivity (Wildman–Crippen MR) is 93.4 cm³/mol. The molecule has 2 aliphatic rings. The molecule has 10 heteroatoms. The lowest BCUT2D eigenvalue weighted by molar-refractivity contribution is -0.191. The Morgan fingerprint density at radius 3 is 2.79 bits per heavy atom. The van der Waals surface area contributed by atoms with Crippen molar-refractivity contribution in [1.82, 2.24) is 19.5 Å². The van der Waals surface area contributed by atoms with E-state index in [1.807, 2.05) is 18.4 Å². The van der Waals surface area contributed by atoms with Crippen LogP contribution in [0.5, 0.6) is 0 Å². The van der Waals surface area contributed by atoms with Crippen LogP contribution in [-0.4, -0.2) is 43.6 Å². The fourth-order valence-corrected chi connectivity index (χ4v) is 3.77. The maximum absolute atomic E-state index is 6.19. The van der Waals surface area contributed by atoms with Gasteiger partial charge in [0.1, 0.15) is 30.2 Å². The number of fused-ring (bicyclic) bond motifs is 2. The molecular formula is C14H15Br2N5O3. The van der Waals surface area contributed by atoms with Gasteiger partial charge in [0.15, 0.2) is 23.5 Å². The number of nitrogens with zero attached hydrogens (tertiary/aromatic N) is 4. The molecule has 0 aromatic carbocycles. The molecule has 0 spiro atoms. The number of imidazole rings is 1. The molecule has 0 saturated carbocycles. The summed E-state index contributed by atoms with van der Waals surface area (Å²) in [4.78, 5) is 14.3. The van der Waals surface area contributed by atoms with Crippen molar-refractivity contribution in [2.75, 3.05) is 5.73 Å². The highest BCUT2D eigenvalue weighted by molar-refractivity contribution is 9.14. The maximum atomic E-state index is 6.19. The highest BCUT2D eigenvalue weighted by Crippen LogP contribution is 2.46. The van der Waals surface area contributed by atoms with Crippen molar-refractivity contribution >= 4 is 48.8 Å². The number of halogens is 2. The summed E-state index contributed by atoms with van der Waals surface area (Å²) in [6.07, 6.45) is 1.73. The van der Waals surface area contributed by atoms with Gasteiger partial charge < -0.3 is 19.9 Å². The third kappa shape index (κ3) is 2.48. The lowest BCUT2D eigenvalue weighted by atomic mass is 10.1. The smallest absolute Gasteiger partial charge is 0.167 e. The van der Waals surface area contributed by atoms with Gasteiger partial charge >= 0.3 is 0 Å². The van der Waals surface area contributed by atoms with Crippen LogP contribution in [0.2, 0.25) is 0 Å². The van der Waals surface area contributed by atoms with Crippen LogP contribution in [0.25, 0.3) is 11.2 Å². The number of anilines is 1. The zero-order chi connectivity index (χ0) is 17.1. The molecule has 24 heavy (non-hydrogen) atoms. The van der Waals surface area contributed by atoms with Gasteiger partial charge in [-0.05, 0) is 18.8 Å². The van der Waals surface area contributed by atoms with Crippen LogP contribution in [0.4, 0.5) is 5.82 Å². The molecule has 0 unspecified atom stereocenters. The molecule has 0 radical (unpaired) electrons. The summed E-state index contributed by atoms with van der Waals surface area (Å²) in [5.74, 6) is -0.366. The van der Waals surface area contributed by atoms with E-state index in [4.69, 9.17) is 19.9 Å². The van der Waals surface area contributed by atoms with Crippen LogP contribution in [0.15, 0.2) is 22.1 Å².